The number of fused-ring (bicyclic) bond motifs is 3. The van der Waals surface area contributed by atoms with Crippen molar-refractivity contribution in [3.05, 3.63) is 155 Å². The van der Waals surface area contributed by atoms with E-state index >= 15 is 8.78 Å². The Morgan fingerprint density at radius 3 is 2.20 bits per heavy atom. The molecule has 2 aromatic heterocycles. The lowest BCUT2D eigenvalue weighted by molar-refractivity contribution is -0.121. The zero-order valence-corrected chi connectivity index (χ0v) is 48.4. The Morgan fingerprint density at radius 1 is 0.863 bits per heavy atom. The van der Waals surface area contributed by atoms with Crippen LogP contribution in [0.1, 0.15) is 100 Å². The summed E-state index contributed by atoms with van der Waals surface area (Å²) in [5.74, 6) is -2.77. The molecule has 0 bridgehead atoms. The summed E-state index contributed by atoms with van der Waals surface area (Å²) in [4.78, 5) is 47.4. The number of amides is 3. The number of rotatable bonds is 22. The average molecular weight is 1170 g/mol. The van der Waals surface area contributed by atoms with Crippen LogP contribution in [0.25, 0.3) is 5.00 Å². The van der Waals surface area contributed by atoms with Crippen molar-refractivity contribution in [1.82, 2.24) is 30.7 Å². The summed E-state index contributed by atoms with van der Waals surface area (Å²) in [6, 6.07) is 19.8. The number of ether oxygens (including phenoxy) is 4. The first-order chi connectivity index (χ1) is 38.3. The van der Waals surface area contributed by atoms with Crippen molar-refractivity contribution in [1.29, 1.82) is 5.26 Å². The molecule has 0 saturated carbocycles. The molecule has 22 heteroatoms. The van der Waals surface area contributed by atoms with Crippen LogP contribution in [-0.2, 0) is 29.2 Å². The minimum absolute atomic E-state index is 0.0499. The molecule has 6 aromatic rings. The van der Waals surface area contributed by atoms with E-state index in [0.29, 0.717) is 29.9 Å². The highest BCUT2D eigenvalue weighted by Gasteiger charge is 2.61. The molecule has 1 fully saturated rings. The maximum Gasteiger partial charge on any atom is 0.251 e. The van der Waals surface area contributed by atoms with Gasteiger partial charge in [0.15, 0.2) is 5.82 Å². The van der Waals surface area contributed by atoms with Gasteiger partial charge in [0.25, 0.3) is 5.91 Å². The number of aliphatic imine (C=N–C) groups is 1. The van der Waals surface area contributed by atoms with E-state index in [4.69, 9.17) is 58.7 Å². The first kappa shape index (κ1) is 59.8. The van der Waals surface area contributed by atoms with Crippen LogP contribution >= 0.6 is 46.1 Å². The van der Waals surface area contributed by atoms with Crippen LogP contribution in [0.4, 0.5) is 14.5 Å². The molecule has 80 heavy (non-hydrogen) atoms. The van der Waals surface area contributed by atoms with Gasteiger partial charge >= 0.3 is 0 Å². The number of aromatic nitrogens is 3. The van der Waals surface area contributed by atoms with Crippen LogP contribution in [0.3, 0.4) is 0 Å². The molecule has 3 unspecified atom stereocenters. The van der Waals surface area contributed by atoms with Gasteiger partial charge in [-0.05, 0) is 92.3 Å². The molecule has 1 saturated heterocycles. The van der Waals surface area contributed by atoms with Crippen LogP contribution in [0.5, 0.6) is 5.75 Å². The van der Waals surface area contributed by atoms with Crippen LogP contribution in [-0.4, -0.2) is 110 Å². The zero-order chi connectivity index (χ0) is 57.5. The number of nitrogens with zero attached hydrogens (tertiary/aromatic N) is 5. The number of nitriles is 1. The number of methoxy groups -OCH3 is 1. The van der Waals surface area contributed by atoms with Gasteiger partial charge in [0.1, 0.15) is 39.7 Å². The molecule has 4 aromatic carbocycles. The summed E-state index contributed by atoms with van der Waals surface area (Å²) in [6.45, 7) is 14.0. The summed E-state index contributed by atoms with van der Waals surface area (Å²) in [7, 11) is 1.38. The van der Waals surface area contributed by atoms with Crippen molar-refractivity contribution in [2.24, 2.45) is 10.4 Å². The number of carbonyl (C=O) groups is 3. The van der Waals surface area contributed by atoms with E-state index in [0.717, 1.165) is 38.3 Å². The first-order valence-corrected chi connectivity index (χ1v) is 27.9. The fourth-order valence-electron chi connectivity index (χ4n) is 10.2. The van der Waals surface area contributed by atoms with Gasteiger partial charge < -0.3 is 40.2 Å². The van der Waals surface area contributed by atoms with Crippen molar-refractivity contribution in [2.45, 2.75) is 83.8 Å². The second-order valence-corrected chi connectivity index (χ2v) is 23.1. The lowest BCUT2D eigenvalue weighted by Crippen LogP contribution is -2.45. The Bertz CT molecular complexity index is 3330. The highest BCUT2D eigenvalue weighted by molar-refractivity contribution is 7.15. The largest absolute Gasteiger partial charge is 0.495 e. The first-order valence-electron chi connectivity index (χ1n) is 26.0. The number of thiophene rings is 1. The highest BCUT2D eigenvalue weighted by atomic mass is 35.5. The van der Waals surface area contributed by atoms with Gasteiger partial charge in [-0.25, -0.2) is 8.78 Å². The van der Waals surface area contributed by atoms with E-state index in [2.05, 4.69) is 51.4 Å². The Morgan fingerprint density at radius 2 is 1.54 bits per heavy atom. The van der Waals surface area contributed by atoms with Crippen molar-refractivity contribution in [2.75, 3.05) is 65.2 Å². The van der Waals surface area contributed by atoms with Gasteiger partial charge in [0.2, 0.25) is 11.8 Å². The van der Waals surface area contributed by atoms with E-state index in [1.54, 1.807) is 11.3 Å². The predicted molar refractivity (Wildman–Crippen MR) is 305 cm³/mol. The molecule has 2 aliphatic heterocycles. The maximum atomic E-state index is 16.2. The molecule has 2 aliphatic rings. The standard InChI is InChI=1S/C58H62Cl3F2N9O7S/c1-32-33(2)80-56-48(32)51(35-11-14-37(59)15-12-35)67-44(53-71-70-34(3)72(53)56)29-47(73)65-19-21-77-23-25-79-26-24-78-22-20-66-54(74)36-13-18-43(45(27-36)76-7)68-55(75)52-49(39-9-8-10-41(61)50(39)63)58(31-64,46(69-52)30-57(4,5)6)40-17-16-38(60)28-42(40)62/h8-18,27-28,44,46,49,52,69H,19-26,29-30H2,1-7H3,(H,65,73)(H,66,74)(H,68,75)/t44-,46?,49-,52?,58?/m0/s1. The summed E-state index contributed by atoms with van der Waals surface area (Å²) in [5.41, 5.74) is 1.81. The number of carbonyl (C=O) groups excluding carboxylic acids is 3. The summed E-state index contributed by atoms with van der Waals surface area (Å²) < 4.78 is 56.8. The summed E-state index contributed by atoms with van der Waals surface area (Å²) in [5, 5.41) is 33.4. The van der Waals surface area contributed by atoms with Crippen LogP contribution in [0.2, 0.25) is 15.1 Å². The molecule has 0 aliphatic carbocycles. The molecule has 422 valence electrons. The molecule has 3 amide bonds. The lowest BCUT2D eigenvalue weighted by Gasteiger charge is -2.37. The number of anilines is 1. The molecular weight excluding hydrogens is 1110 g/mol. The van der Waals surface area contributed by atoms with E-state index in [-0.39, 0.29) is 96.4 Å². The molecule has 8 rings (SSSR count). The van der Waals surface area contributed by atoms with Gasteiger partial charge in [0, 0.05) is 62.2 Å². The van der Waals surface area contributed by atoms with Crippen LogP contribution in [0, 0.1) is 49.2 Å². The van der Waals surface area contributed by atoms with E-state index < -0.39 is 58.3 Å². The smallest absolute Gasteiger partial charge is 0.251 e. The molecular formula is C58H62Cl3F2N9O7S. The molecule has 5 atom stereocenters. The van der Waals surface area contributed by atoms with Gasteiger partial charge in [-0.2, -0.15) is 5.26 Å². The third kappa shape index (κ3) is 13.2. The summed E-state index contributed by atoms with van der Waals surface area (Å²) >= 11 is 20.3. The second-order valence-electron chi connectivity index (χ2n) is 20.6. The predicted octanol–water partition coefficient (Wildman–Crippen LogP) is 10.3. The molecule has 0 radical (unpaired) electrons. The normalized spacial score (nSPS) is 18.6. The third-order valence-electron chi connectivity index (χ3n) is 14.0. The number of aryl methyl sites for hydroxylation is 2. The van der Waals surface area contributed by atoms with Crippen LogP contribution in [0.15, 0.2) is 83.9 Å². The minimum Gasteiger partial charge on any atom is -0.495 e. The summed E-state index contributed by atoms with van der Waals surface area (Å²) in [6.07, 6.45) is 0.345. The molecule has 4 N–H and O–H groups in total. The van der Waals surface area contributed by atoms with Crippen molar-refractivity contribution in [3.63, 3.8) is 0 Å². The number of hydrogen-bond donors (Lipinski definition) is 4. The van der Waals surface area contributed by atoms with Gasteiger partial charge in [0.05, 0.1) is 81.7 Å². The number of halogens is 5. The Balaban J connectivity index is 0.776. The SMILES string of the molecule is COc1cc(C(=O)NCCOCCOCCOCCNC(=O)C[C@@H]2N=C(c3ccc(Cl)cc3)c3c(sc(C)c3C)-n3c(C)nnc32)ccc1NC(=O)C1NC(CC(C)(C)C)C(C#N)(c2ccc(Cl)cc2F)[C@H]1c1cccc(Cl)c1F. The van der Waals surface area contributed by atoms with Gasteiger partial charge in [-0.1, -0.05) is 85.9 Å². The van der Waals surface area contributed by atoms with Gasteiger partial charge in [-0.3, -0.25) is 23.9 Å². The van der Waals surface area contributed by atoms with E-state index in [1.165, 1.54) is 55.6 Å². The fourth-order valence-corrected chi connectivity index (χ4v) is 11.9. The van der Waals surface area contributed by atoms with Crippen LogP contribution < -0.4 is 26.0 Å². The van der Waals surface area contributed by atoms with Crippen molar-refractivity contribution >= 4 is 75.3 Å². The Kier molecular flexibility index (Phi) is 19.5. The zero-order valence-electron chi connectivity index (χ0n) is 45.3. The number of hydrogen-bond acceptors (Lipinski definition) is 13. The second kappa shape index (κ2) is 26.1. The van der Waals surface area contributed by atoms with Crippen molar-refractivity contribution in [3.8, 4) is 16.8 Å². The maximum absolute atomic E-state index is 16.2. The average Bonchev–Trinajstić information content (AvgIpc) is 4.24. The number of nitrogens with one attached hydrogen (secondary N) is 4. The Labute approximate surface area is 482 Å². The topological polar surface area (TPSA) is 203 Å². The van der Waals surface area contributed by atoms with Crippen molar-refractivity contribution < 1.29 is 42.1 Å². The minimum atomic E-state index is -1.82. The Hall–Kier alpha value is -6.34. The molecule has 16 nitrogen and oxygen atoms in total. The lowest BCUT2D eigenvalue weighted by atomic mass is 9.62. The fraction of sp³-hybridized carbons (Fsp3) is 0.397. The number of benzene rings is 4. The van der Waals surface area contributed by atoms with E-state index in [1.807, 2.05) is 56.5 Å². The quantitative estimate of drug-likeness (QED) is 0.0471. The van der Waals surface area contributed by atoms with Gasteiger partial charge in [-0.15, -0.1) is 21.5 Å². The molecule has 0 spiro atoms. The highest BCUT2D eigenvalue weighted by Crippen LogP contribution is 2.53. The third-order valence-corrected chi connectivity index (χ3v) is 16.0. The monoisotopic (exact) mass is 1170 g/mol. The molecule has 4 heterocycles. The van der Waals surface area contributed by atoms with E-state index in [9.17, 15) is 19.6 Å².